The molecule has 2 aliphatic carbocycles. The molecule has 0 heteroatoms. The maximum atomic E-state index is 2.42. The fourth-order valence-electron chi connectivity index (χ4n) is 4.27. The predicted molar refractivity (Wildman–Crippen MR) is 113 cm³/mol. The summed E-state index contributed by atoms with van der Waals surface area (Å²) < 4.78 is 0. The van der Waals surface area contributed by atoms with E-state index in [0.717, 1.165) is 6.42 Å². The van der Waals surface area contributed by atoms with Crippen LogP contribution in [-0.4, -0.2) is 0 Å². The highest BCUT2D eigenvalue weighted by molar-refractivity contribution is 5.83. The van der Waals surface area contributed by atoms with Gasteiger partial charge in [-0.05, 0) is 81.8 Å². The van der Waals surface area contributed by atoms with Crippen molar-refractivity contribution in [2.24, 2.45) is 5.41 Å². The lowest BCUT2D eigenvalue weighted by Gasteiger charge is -2.21. The maximum absolute atomic E-state index is 2.42. The van der Waals surface area contributed by atoms with Crippen molar-refractivity contribution in [3.05, 3.63) is 85.6 Å². The average molecular weight is 341 g/mol. The first-order valence-electron chi connectivity index (χ1n) is 9.60. The van der Waals surface area contributed by atoms with Crippen LogP contribution in [0.1, 0.15) is 59.1 Å². The van der Waals surface area contributed by atoms with Crippen LogP contribution in [0, 0.1) is 15.9 Å². The molecule has 0 saturated heterocycles. The quantitative estimate of drug-likeness (QED) is 0.552. The summed E-state index contributed by atoms with van der Waals surface area (Å²) in [6.45, 7) is 13.7. The fraction of sp³-hybridized carbons (Fsp3) is 0.308. The molecule has 0 amide bonds. The van der Waals surface area contributed by atoms with Crippen molar-refractivity contribution >= 4 is 17.2 Å². The standard InChI is InChI=1S/C26H28/c1-16(2)20-11-12-22-21-10-8-7-9-18(21)14-24(22)25(20)23-15-19(13-17(23)3)26(4,5)6/h7-14H,15H2,1-6H3. The lowest BCUT2D eigenvalue weighted by atomic mass is 9.83. The highest BCUT2D eigenvalue weighted by Crippen LogP contribution is 2.41. The molecule has 0 spiro atoms. The molecular weight excluding hydrogens is 312 g/mol. The number of fused-ring (bicyclic) bond motifs is 2. The van der Waals surface area contributed by atoms with Crippen LogP contribution in [0.2, 0.25) is 0 Å². The lowest BCUT2D eigenvalue weighted by molar-refractivity contribution is 0.497. The first-order chi connectivity index (χ1) is 12.3. The van der Waals surface area contributed by atoms with Gasteiger partial charge in [0.05, 0.1) is 0 Å². The highest BCUT2D eigenvalue weighted by atomic mass is 14.3. The summed E-state index contributed by atoms with van der Waals surface area (Å²) in [6.07, 6.45) is 5.88. The summed E-state index contributed by atoms with van der Waals surface area (Å²) in [7, 11) is 0. The third-order valence-corrected chi connectivity index (χ3v) is 5.83. The van der Waals surface area contributed by atoms with Gasteiger partial charge in [0, 0.05) is 0 Å². The van der Waals surface area contributed by atoms with Crippen molar-refractivity contribution in [2.75, 3.05) is 0 Å². The van der Waals surface area contributed by atoms with E-state index in [-0.39, 0.29) is 5.41 Å². The number of rotatable bonds is 1. The summed E-state index contributed by atoms with van der Waals surface area (Å²) in [5.41, 5.74) is 8.94. The van der Waals surface area contributed by atoms with E-state index in [1.165, 1.54) is 54.3 Å². The molecule has 0 fully saturated rings. The van der Waals surface area contributed by atoms with Gasteiger partial charge in [-0.15, -0.1) is 0 Å². The third kappa shape index (κ3) is 2.60. The van der Waals surface area contributed by atoms with Crippen molar-refractivity contribution in [1.82, 2.24) is 0 Å². The van der Waals surface area contributed by atoms with Crippen molar-refractivity contribution < 1.29 is 0 Å². The second-order valence-electron chi connectivity index (χ2n) is 8.94. The molecule has 2 aromatic carbocycles. The minimum Gasteiger partial charge on any atom is -0.0686 e. The van der Waals surface area contributed by atoms with Crippen LogP contribution in [0.3, 0.4) is 0 Å². The lowest BCUT2D eigenvalue weighted by Crippen LogP contribution is -2.14. The molecule has 2 aliphatic rings. The van der Waals surface area contributed by atoms with Gasteiger partial charge in [-0.2, -0.15) is 0 Å². The molecule has 0 bridgehead atoms. The van der Waals surface area contributed by atoms with Gasteiger partial charge in [0.15, 0.2) is 0 Å². The molecule has 132 valence electrons. The molecule has 0 saturated carbocycles. The van der Waals surface area contributed by atoms with Crippen molar-refractivity contribution in [3.8, 4) is 0 Å². The Morgan fingerprint density at radius 2 is 1.62 bits per heavy atom. The molecule has 0 heterocycles. The number of allylic oxidation sites excluding steroid dienone is 4. The van der Waals surface area contributed by atoms with Gasteiger partial charge in [-0.3, -0.25) is 0 Å². The van der Waals surface area contributed by atoms with Gasteiger partial charge < -0.3 is 0 Å². The summed E-state index contributed by atoms with van der Waals surface area (Å²) in [5, 5.41) is 5.48. The van der Waals surface area contributed by atoms with Gasteiger partial charge in [0.1, 0.15) is 0 Å². The van der Waals surface area contributed by atoms with E-state index in [4.69, 9.17) is 0 Å². The second-order valence-corrected chi connectivity index (χ2v) is 8.94. The zero-order valence-corrected chi connectivity index (χ0v) is 16.8. The Morgan fingerprint density at radius 3 is 2.27 bits per heavy atom. The second kappa shape index (κ2) is 5.84. The smallest absolute Gasteiger partial charge is 0.00496 e. The fourth-order valence-corrected chi connectivity index (χ4v) is 4.27. The number of hydrogen-bond donors (Lipinski definition) is 0. The molecule has 0 atom stereocenters. The SMILES string of the molecule is CC1=C(c2c3c(ccc2=C(C)C)=c2ccccc2=C3)CC(C(C)(C)C)=C1. The Bertz CT molecular complexity index is 1190. The van der Waals surface area contributed by atoms with Crippen LogP contribution in [0.4, 0.5) is 0 Å². The summed E-state index contributed by atoms with van der Waals surface area (Å²) >= 11 is 0. The van der Waals surface area contributed by atoms with E-state index in [0.29, 0.717) is 0 Å². The molecule has 0 nitrogen and oxygen atoms in total. The molecule has 0 N–H and O–H groups in total. The first kappa shape index (κ1) is 17.1. The van der Waals surface area contributed by atoms with Crippen LogP contribution in [-0.2, 0) is 0 Å². The van der Waals surface area contributed by atoms with E-state index in [1.807, 2.05) is 0 Å². The average Bonchev–Trinajstić information content (AvgIpc) is 3.14. The zero-order chi connectivity index (χ0) is 18.6. The van der Waals surface area contributed by atoms with Crippen LogP contribution in [0.15, 0.2) is 53.6 Å². The zero-order valence-electron chi connectivity index (χ0n) is 16.8. The minimum atomic E-state index is 0.221. The first-order valence-corrected chi connectivity index (χ1v) is 9.60. The van der Waals surface area contributed by atoms with E-state index in [9.17, 15) is 0 Å². The molecule has 26 heavy (non-hydrogen) atoms. The summed E-state index contributed by atoms with van der Waals surface area (Å²) in [4.78, 5) is 0. The maximum Gasteiger partial charge on any atom is -0.00496 e. The van der Waals surface area contributed by atoms with Gasteiger partial charge in [-0.1, -0.05) is 74.4 Å². The van der Waals surface area contributed by atoms with Crippen LogP contribution in [0.25, 0.3) is 17.2 Å². The normalized spacial score (nSPS) is 15.5. The van der Waals surface area contributed by atoms with Gasteiger partial charge in [0.2, 0.25) is 0 Å². The van der Waals surface area contributed by atoms with E-state index >= 15 is 0 Å². The Kier molecular flexibility index (Phi) is 3.84. The predicted octanol–water partition coefficient (Wildman–Crippen LogP) is 5.46. The van der Waals surface area contributed by atoms with Gasteiger partial charge >= 0.3 is 0 Å². The van der Waals surface area contributed by atoms with Crippen LogP contribution >= 0.6 is 0 Å². The molecular formula is C26H28. The van der Waals surface area contributed by atoms with Crippen molar-refractivity contribution in [3.63, 3.8) is 0 Å². The largest absolute Gasteiger partial charge is 0.0686 e. The Morgan fingerprint density at radius 1 is 0.885 bits per heavy atom. The van der Waals surface area contributed by atoms with Crippen molar-refractivity contribution in [2.45, 2.75) is 48.0 Å². The molecule has 0 aliphatic heterocycles. The van der Waals surface area contributed by atoms with Gasteiger partial charge in [-0.25, -0.2) is 0 Å². The minimum absolute atomic E-state index is 0.221. The van der Waals surface area contributed by atoms with Gasteiger partial charge in [0.25, 0.3) is 0 Å². The molecule has 0 radical (unpaired) electrons. The highest BCUT2D eigenvalue weighted by Gasteiger charge is 2.26. The van der Waals surface area contributed by atoms with Crippen LogP contribution in [0.5, 0.6) is 0 Å². The molecule has 2 aromatic rings. The Labute approximate surface area is 156 Å². The monoisotopic (exact) mass is 340 g/mol. The van der Waals surface area contributed by atoms with Crippen LogP contribution < -0.4 is 10.4 Å². The van der Waals surface area contributed by atoms with Crippen molar-refractivity contribution in [1.29, 1.82) is 0 Å². The summed E-state index contributed by atoms with van der Waals surface area (Å²) in [6, 6.07) is 13.4. The molecule has 0 unspecified atom stereocenters. The Hall–Kier alpha value is -2.34. The van der Waals surface area contributed by atoms with E-state index < -0.39 is 0 Å². The molecule has 0 aromatic heterocycles. The number of hydrogen-bond acceptors (Lipinski definition) is 0. The number of benzene rings is 2. The molecule has 4 rings (SSSR count). The third-order valence-electron chi connectivity index (χ3n) is 5.83. The van der Waals surface area contributed by atoms with E-state index in [1.54, 1.807) is 0 Å². The summed E-state index contributed by atoms with van der Waals surface area (Å²) in [5.74, 6) is 0. The topological polar surface area (TPSA) is 0 Å². The van der Waals surface area contributed by atoms with E-state index in [2.05, 4.69) is 90.1 Å². The Balaban J connectivity index is 2.04.